The Morgan fingerprint density at radius 3 is 2.40 bits per heavy atom. The van der Waals surface area contributed by atoms with Gasteiger partial charge < -0.3 is 19.2 Å². The summed E-state index contributed by atoms with van der Waals surface area (Å²) in [6.45, 7) is 4.73. The van der Waals surface area contributed by atoms with Crippen molar-refractivity contribution < 1.29 is 18.6 Å². The zero-order valence-corrected chi connectivity index (χ0v) is 23.6. The average molecular weight is 559 g/mol. The van der Waals surface area contributed by atoms with Crippen LogP contribution in [0.15, 0.2) is 84.1 Å². The second kappa shape index (κ2) is 11.9. The predicted molar refractivity (Wildman–Crippen MR) is 156 cm³/mol. The molecule has 206 valence electrons. The molecule has 0 bridgehead atoms. The van der Waals surface area contributed by atoms with Gasteiger partial charge in [-0.1, -0.05) is 43.8 Å². The molecule has 2 heterocycles. The Hall–Kier alpha value is -4.24. The summed E-state index contributed by atoms with van der Waals surface area (Å²) in [5.41, 5.74) is 4.92. The Morgan fingerprint density at radius 2 is 1.68 bits per heavy atom. The van der Waals surface area contributed by atoms with Gasteiger partial charge in [0.1, 0.15) is 11.6 Å². The number of para-hydroxylation sites is 1. The van der Waals surface area contributed by atoms with Crippen LogP contribution in [-0.2, 0) is 5.41 Å². The molecule has 40 heavy (non-hydrogen) atoms. The molecule has 0 spiro atoms. The minimum Gasteiger partial charge on any atom is -0.493 e. The van der Waals surface area contributed by atoms with Crippen LogP contribution in [0.5, 0.6) is 17.2 Å². The lowest BCUT2D eigenvalue weighted by Gasteiger charge is -2.26. The molecule has 0 saturated heterocycles. The largest absolute Gasteiger partial charge is 0.493 e. The number of hydrogen-bond acceptors (Lipinski definition) is 6. The molecule has 3 aromatic carbocycles. The van der Waals surface area contributed by atoms with Crippen LogP contribution in [0, 0.1) is 5.82 Å². The van der Waals surface area contributed by atoms with Crippen molar-refractivity contribution in [2.75, 3.05) is 26.6 Å². The maximum Gasteiger partial charge on any atom is 0.166 e. The minimum atomic E-state index is -0.478. The van der Waals surface area contributed by atoms with Gasteiger partial charge >= 0.3 is 0 Å². The van der Waals surface area contributed by atoms with E-state index in [-0.39, 0.29) is 5.82 Å². The SMILES string of the molecule is COc1ccc(C(C)(C)c2[nH]c(SCCOc3ccccc3-c3ccn[nH]3)nc2-c2ccc(F)cc2)cc1OC. The first-order valence-electron chi connectivity index (χ1n) is 12.8. The number of ether oxygens (including phenoxy) is 3. The van der Waals surface area contributed by atoms with Crippen LogP contribution in [0.1, 0.15) is 25.1 Å². The second-order valence-electron chi connectivity index (χ2n) is 9.63. The van der Waals surface area contributed by atoms with E-state index in [1.165, 1.54) is 12.1 Å². The van der Waals surface area contributed by atoms with E-state index < -0.39 is 5.41 Å². The third-order valence-corrected chi connectivity index (χ3v) is 7.63. The maximum atomic E-state index is 13.7. The molecule has 7 nitrogen and oxygen atoms in total. The van der Waals surface area contributed by atoms with Crippen molar-refractivity contribution in [2.24, 2.45) is 0 Å². The lowest BCUT2D eigenvalue weighted by atomic mass is 9.79. The summed E-state index contributed by atoms with van der Waals surface area (Å²) in [6, 6.07) is 22.1. The van der Waals surface area contributed by atoms with E-state index in [9.17, 15) is 4.39 Å². The van der Waals surface area contributed by atoms with Gasteiger partial charge in [0.25, 0.3) is 0 Å². The number of nitrogens with zero attached hydrogens (tertiary/aromatic N) is 2. The Kier molecular flexibility index (Phi) is 8.11. The highest BCUT2D eigenvalue weighted by Gasteiger charge is 2.31. The molecule has 0 aliphatic heterocycles. The van der Waals surface area contributed by atoms with E-state index in [1.54, 1.807) is 44.3 Å². The highest BCUT2D eigenvalue weighted by Crippen LogP contribution is 2.41. The van der Waals surface area contributed by atoms with Crippen molar-refractivity contribution in [1.29, 1.82) is 0 Å². The molecule has 0 aliphatic carbocycles. The van der Waals surface area contributed by atoms with Gasteiger partial charge in [-0.2, -0.15) is 5.10 Å². The standard InChI is InChI=1S/C31H31FN4O3S/c1-31(2,21-11-14-26(37-3)27(19-21)38-4)29-28(20-9-12-22(32)13-10-20)34-30(35-29)40-18-17-39-25-8-6-5-7-23(25)24-15-16-33-36-24/h5-16,19H,17-18H2,1-4H3,(H,33,36)(H,34,35). The number of methoxy groups -OCH3 is 2. The first kappa shape index (κ1) is 27.3. The van der Waals surface area contributed by atoms with Gasteiger partial charge in [0.15, 0.2) is 16.7 Å². The van der Waals surface area contributed by atoms with Gasteiger partial charge in [0, 0.05) is 28.5 Å². The molecule has 0 amide bonds. The lowest BCUT2D eigenvalue weighted by molar-refractivity contribution is 0.345. The van der Waals surface area contributed by atoms with Crippen LogP contribution >= 0.6 is 11.8 Å². The summed E-state index contributed by atoms with van der Waals surface area (Å²) in [7, 11) is 3.24. The van der Waals surface area contributed by atoms with Gasteiger partial charge in [-0.05, 0) is 60.2 Å². The van der Waals surface area contributed by atoms with E-state index in [0.29, 0.717) is 23.9 Å². The summed E-state index contributed by atoms with van der Waals surface area (Å²) in [6.07, 6.45) is 1.72. The number of halogens is 1. The molecule has 2 N–H and O–H groups in total. The maximum absolute atomic E-state index is 13.7. The van der Waals surface area contributed by atoms with Crippen molar-refractivity contribution in [3.05, 3.63) is 96.1 Å². The summed E-state index contributed by atoms with van der Waals surface area (Å²) >= 11 is 1.57. The molecule has 0 radical (unpaired) electrons. The quantitative estimate of drug-likeness (QED) is 0.133. The van der Waals surface area contributed by atoms with Gasteiger partial charge in [-0.3, -0.25) is 5.10 Å². The number of thioether (sulfide) groups is 1. The molecule has 0 fully saturated rings. The van der Waals surface area contributed by atoms with Crippen molar-refractivity contribution in [3.63, 3.8) is 0 Å². The smallest absolute Gasteiger partial charge is 0.166 e. The predicted octanol–water partition coefficient (Wildman–Crippen LogP) is 7.12. The first-order chi connectivity index (χ1) is 19.4. The van der Waals surface area contributed by atoms with Crippen LogP contribution in [-0.4, -0.2) is 46.7 Å². The zero-order chi connectivity index (χ0) is 28.1. The Balaban J connectivity index is 1.39. The fourth-order valence-corrected chi connectivity index (χ4v) is 5.26. The molecule has 2 aromatic heterocycles. The van der Waals surface area contributed by atoms with Gasteiger partial charge in [-0.25, -0.2) is 9.37 Å². The third-order valence-electron chi connectivity index (χ3n) is 6.79. The van der Waals surface area contributed by atoms with Crippen molar-refractivity contribution in [2.45, 2.75) is 24.4 Å². The number of H-pyrrole nitrogens is 2. The molecule has 0 atom stereocenters. The topological polar surface area (TPSA) is 85.0 Å². The zero-order valence-electron chi connectivity index (χ0n) is 22.8. The van der Waals surface area contributed by atoms with E-state index >= 15 is 0 Å². The normalized spacial score (nSPS) is 11.4. The number of nitrogens with one attached hydrogen (secondary N) is 2. The van der Waals surface area contributed by atoms with E-state index in [0.717, 1.165) is 44.7 Å². The summed E-state index contributed by atoms with van der Waals surface area (Å²) in [5, 5.41) is 7.79. The second-order valence-corrected chi connectivity index (χ2v) is 10.7. The first-order valence-corrected chi connectivity index (χ1v) is 13.8. The average Bonchev–Trinajstić information content (AvgIpc) is 3.67. The van der Waals surface area contributed by atoms with Crippen molar-refractivity contribution >= 4 is 11.8 Å². The lowest BCUT2D eigenvalue weighted by Crippen LogP contribution is -2.20. The van der Waals surface area contributed by atoms with Crippen LogP contribution in [0.2, 0.25) is 0 Å². The fourth-order valence-electron chi connectivity index (χ4n) is 4.57. The highest BCUT2D eigenvalue weighted by molar-refractivity contribution is 7.99. The molecular formula is C31H31FN4O3S. The minimum absolute atomic E-state index is 0.290. The number of rotatable bonds is 11. The van der Waals surface area contributed by atoms with Crippen LogP contribution < -0.4 is 14.2 Å². The van der Waals surface area contributed by atoms with Gasteiger partial charge in [-0.15, -0.1) is 0 Å². The fraction of sp³-hybridized carbons (Fsp3) is 0.226. The Morgan fingerprint density at radius 1 is 0.900 bits per heavy atom. The van der Waals surface area contributed by atoms with E-state index in [2.05, 4.69) is 29.0 Å². The van der Waals surface area contributed by atoms with Crippen LogP contribution in [0.3, 0.4) is 0 Å². The molecule has 0 saturated carbocycles. The summed E-state index contributed by atoms with van der Waals surface area (Å²) in [4.78, 5) is 8.49. The molecule has 0 unspecified atom stereocenters. The Bertz CT molecular complexity index is 1570. The molecule has 9 heteroatoms. The van der Waals surface area contributed by atoms with E-state index in [1.807, 2.05) is 48.5 Å². The van der Waals surface area contributed by atoms with Gasteiger partial charge in [0.2, 0.25) is 0 Å². The number of aromatic amines is 2. The Labute approximate surface area is 237 Å². The molecule has 5 rings (SSSR count). The monoisotopic (exact) mass is 558 g/mol. The number of benzene rings is 3. The van der Waals surface area contributed by atoms with E-state index in [4.69, 9.17) is 19.2 Å². The molecule has 0 aliphatic rings. The highest BCUT2D eigenvalue weighted by atomic mass is 32.2. The van der Waals surface area contributed by atoms with Gasteiger partial charge in [0.05, 0.1) is 37.9 Å². The third kappa shape index (κ3) is 5.70. The summed E-state index contributed by atoms with van der Waals surface area (Å²) in [5.74, 6) is 2.48. The van der Waals surface area contributed by atoms with Crippen LogP contribution in [0.4, 0.5) is 4.39 Å². The number of aromatic nitrogens is 4. The van der Waals surface area contributed by atoms with Crippen molar-refractivity contribution in [3.8, 4) is 39.8 Å². The summed E-state index contributed by atoms with van der Waals surface area (Å²) < 4.78 is 30.9. The van der Waals surface area contributed by atoms with Crippen molar-refractivity contribution in [1.82, 2.24) is 20.2 Å². The van der Waals surface area contributed by atoms with Crippen LogP contribution in [0.25, 0.3) is 22.5 Å². The number of hydrogen-bond donors (Lipinski definition) is 2. The molecular weight excluding hydrogens is 527 g/mol. The number of imidazole rings is 1. The molecule has 5 aromatic rings.